The van der Waals surface area contributed by atoms with E-state index in [-0.39, 0.29) is 23.5 Å². The lowest BCUT2D eigenvalue weighted by molar-refractivity contribution is -0.267. The molecule has 0 aliphatic heterocycles. The standard InChI is InChI=1S/C23H23F3N2O7S/c24-23(25,26)22(32,10-12-36(28,33)11-9-18(27)21(30)31)15-3-6-16(7-4-15)34-17-5-1-14-2-8-20(29)35-19(14)13-17/h1-8,13,18,28,32H,9-12,27H2,(H,30,31)/t18-,22?,36?/m0/s1. The molecule has 9 nitrogen and oxygen atoms in total. The molecular weight excluding hydrogens is 505 g/mol. The van der Waals surface area contributed by atoms with Crippen molar-refractivity contribution in [1.82, 2.24) is 0 Å². The van der Waals surface area contributed by atoms with E-state index in [0.717, 1.165) is 12.1 Å². The van der Waals surface area contributed by atoms with Crippen LogP contribution in [0.5, 0.6) is 11.5 Å². The minimum absolute atomic E-state index is 0.132. The molecule has 1 aromatic heterocycles. The summed E-state index contributed by atoms with van der Waals surface area (Å²) in [7, 11) is -3.64. The van der Waals surface area contributed by atoms with Crippen LogP contribution in [0.1, 0.15) is 18.4 Å². The Morgan fingerprint density at radius 1 is 1.08 bits per heavy atom. The Balaban J connectivity index is 1.76. The monoisotopic (exact) mass is 528 g/mol. The van der Waals surface area contributed by atoms with Crippen molar-refractivity contribution in [3.8, 4) is 11.5 Å². The van der Waals surface area contributed by atoms with Crippen LogP contribution in [-0.2, 0) is 20.1 Å². The minimum Gasteiger partial charge on any atom is -0.480 e. The third kappa shape index (κ3) is 6.42. The summed E-state index contributed by atoms with van der Waals surface area (Å²) in [6.45, 7) is 0. The zero-order chi connectivity index (χ0) is 26.7. The average molecular weight is 529 g/mol. The number of rotatable bonds is 10. The molecule has 0 saturated carbocycles. The van der Waals surface area contributed by atoms with Crippen LogP contribution in [0.4, 0.5) is 13.2 Å². The summed E-state index contributed by atoms with van der Waals surface area (Å²) in [4.78, 5) is 22.2. The van der Waals surface area contributed by atoms with Crippen LogP contribution in [0.25, 0.3) is 11.0 Å². The van der Waals surface area contributed by atoms with Gasteiger partial charge in [0.15, 0.2) is 5.60 Å². The largest absolute Gasteiger partial charge is 0.480 e. The molecule has 1 heterocycles. The van der Waals surface area contributed by atoms with Gasteiger partial charge in [-0.2, -0.15) is 13.2 Å². The molecule has 0 bridgehead atoms. The molecule has 13 heteroatoms. The molecule has 0 spiro atoms. The molecule has 2 aromatic carbocycles. The number of hydrogen-bond acceptors (Lipinski definition) is 8. The first kappa shape index (κ1) is 27.2. The van der Waals surface area contributed by atoms with Crippen LogP contribution in [-0.4, -0.2) is 44.1 Å². The summed E-state index contributed by atoms with van der Waals surface area (Å²) in [5, 5.41) is 20.0. The first-order chi connectivity index (χ1) is 16.7. The van der Waals surface area contributed by atoms with Gasteiger partial charge >= 0.3 is 17.8 Å². The van der Waals surface area contributed by atoms with Crippen molar-refractivity contribution in [2.24, 2.45) is 5.73 Å². The highest BCUT2D eigenvalue weighted by Gasteiger charge is 2.54. The summed E-state index contributed by atoms with van der Waals surface area (Å²) in [5.41, 5.74) is 1.04. The molecule has 0 aliphatic carbocycles. The van der Waals surface area contributed by atoms with Crippen LogP contribution in [0.3, 0.4) is 0 Å². The number of alkyl halides is 3. The van der Waals surface area contributed by atoms with Gasteiger partial charge < -0.3 is 25.1 Å². The second kappa shape index (κ2) is 10.3. The zero-order valence-electron chi connectivity index (χ0n) is 18.7. The molecule has 194 valence electrons. The number of aliphatic carboxylic acids is 1. The lowest BCUT2D eigenvalue weighted by atomic mass is 9.90. The van der Waals surface area contributed by atoms with Gasteiger partial charge in [0.25, 0.3) is 0 Å². The second-order valence-electron chi connectivity index (χ2n) is 8.14. The Morgan fingerprint density at radius 2 is 1.69 bits per heavy atom. The number of hydrogen-bond donors (Lipinski definition) is 4. The molecule has 0 aliphatic rings. The van der Waals surface area contributed by atoms with E-state index in [1.54, 1.807) is 18.2 Å². The Morgan fingerprint density at radius 3 is 2.31 bits per heavy atom. The van der Waals surface area contributed by atoms with E-state index in [1.165, 1.54) is 24.3 Å². The number of fused-ring (bicyclic) bond motifs is 1. The quantitative estimate of drug-likeness (QED) is 0.290. The molecule has 3 rings (SSSR count). The van der Waals surface area contributed by atoms with Crippen molar-refractivity contribution in [3.05, 3.63) is 70.6 Å². The molecule has 5 N–H and O–H groups in total. The predicted molar refractivity (Wildman–Crippen MR) is 124 cm³/mol. The fraction of sp³-hybridized carbons (Fsp3) is 0.304. The summed E-state index contributed by atoms with van der Waals surface area (Å²) in [6, 6.07) is 10.5. The number of carboxylic acid groups (broad SMARTS) is 1. The number of carbonyl (C=O) groups is 1. The van der Waals surface area contributed by atoms with E-state index in [0.29, 0.717) is 5.39 Å². The van der Waals surface area contributed by atoms with E-state index >= 15 is 0 Å². The van der Waals surface area contributed by atoms with E-state index in [2.05, 4.69) is 0 Å². The fourth-order valence-corrected chi connectivity index (χ4v) is 4.81. The summed E-state index contributed by atoms with van der Waals surface area (Å²) in [6.07, 6.45) is -6.59. The first-order valence-electron chi connectivity index (χ1n) is 10.5. The van der Waals surface area contributed by atoms with Crippen molar-refractivity contribution in [3.63, 3.8) is 0 Å². The second-order valence-corrected chi connectivity index (χ2v) is 10.6. The highest BCUT2D eigenvalue weighted by atomic mass is 32.2. The van der Waals surface area contributed by atoms with Gasteiger partial charge in [0, 0.05) is 45.2 Å². The van der Waals surface area contributed by atoms with Crippen LogP contribution in [0, 0.1) is 4.78 Å². The normalized spacial score (nSPS) is 16.1. The lowest BCUT2D eigenvalue weighted by Crippen LogP contribution is -2.44. The predicted octanol–water partition coefficient (Wildman–Crippen LogP) is 3.57. The number of halogens is 3. The van der Waals surface area contributed by atoms with Gasteiger partial charge in [-0.1, -0.05) is 12.1 Å². The molecule has 0 saturated heterocycles. The number of ether oxygens (including phenoxy) is 1. The number of carboxylic acids is 1. The number of aliphatic hydroxyl groups is 1. The SMILES string of the molecule is N=S(=O)(CC[C@H](N)C(=O)O)CCC(O)(c1ccc(Oc2ccc3ccc(=O)oc3c2)cc1)C(F)(F)F. The maximum Gasteiger partial charge on any atom is 0.421 e. The number of nitrogens with one attached hydrogen (secondary N) is 1. The molecule has 3 atom stereocenters. The first-order valence-corrected chi connectivity index (χ1v) is 12.4. The maximum atomic E-state index is 13.8. The molecular formula is C23H23F3N2O7S. The van der Waals surface area contributed by atoms with Gasteiger partial charge in [-0.3, -0.25) is 9.57 Å². The van der Waals surface area contributed by atoms with Gasteiger partial charge in [-0.25, -0.2) is 9.00 Å². The molecule has 3 aromatic rings. The number of nitrogens with two attached hydrogens (primary N) is 1. The third-order valence-corrected chi connectivity index (χ3v) is 7.26. The Hall–Kier alpha value is -3.42. The molecule has 0 fully saturated rings. The molecule has 0 amide bonds. The molecule has 0 radical (unpaired) electrons. The minimum atomic E-state index is -5.15. The van der Waals surface area contributed by atoms with Gasteiger partial charge in [0.05, 0.1) is 0 Å². The van der Waals surface area contributed by atoms with Gasteiger partial charge in [-0.05, 0) is 42.3 Å². The van der Waals surface area contributed by atoms with E-state index in [9.17, 15) is 32.1 Å². The van der Waals surface area contributed by atoms with E-state index < -0.39 is 62.6 Å². The van der Waals surface area contributed by atoms with Crippen molar-refractivity contribution in [1.29, 1.82) is 4.78 Å². The van der Waals surface area contributed by atoms with Gasteiger partial charge in [0.1, 0.15) is 23.1 Å². The average Bonchev–Trinajstić information content (AvgIpc) is 2.80. The summed E-state index contributed by atoms with van der Waals surface area (Å²) in [5.74, 6) is -2.34. The van der Waals surface area contributed by atoms with Gasteiger partial charge in [-0.15, -0.1) is 0 Å². The molecule has 2 unspecified atom stereocenters. The van der Waals surface area contributed by atoms with Crippen molar-refractivity contribution in [2.45, 2.75) is 30.7 Å². The van der Waals surface area contributed by atoms with Crippen LogP contribution in [0.15, 0.2) is 63.8 Å². The van der Waals surface area contributed by atoms with E-state index in [1.807, 2.05) is 0 Å². The summed E-state index contributed by atoms with van der Waals surface area (Å²) < 4.78 is 72.4. The molecule has 36 heavy (non-hydrogen) atoms. The van der Waals surface area contributed by atoms with Crippen LogP contribution in [0.2, 0.25) is 0 Å². The Bertz CT molecular complexity index is 1410. The number of benzene rings is 2. The van der Waals surface area contributed by atoms with E-state index in [4.69, 9.17) is 24.8 Å². The van der Waals surface area contributed by atoms with Crippen molar-refractivity contribution in [2.75, 3.05) is 11.5 Å². The summed E-state index contributed by atoms with van der Waals surface area (Å²) >= 11 is 0. The maximum absolute atomic E-state index is 13.8. The van der Waals surface area contributed by atoms with Crippen molar-refractivity contribution < 1.29 is 41.5 Å². The third-order valence-electron chi connectivity index (χ3n) is 5.50. The smallest absolute Gasteiger partial charge is 0.421 e. The fourth-order valence-electron chi connectivity index (χ4n) is 3.34. The Labute approximate surface area is 203 Å². The Kier molecular flexibility index (Phi) is 7.76. The van der Waals surface area contributed by atoms with Gasteiger partial charge in [0.2, 0.25) is 0 Å². The van der Waals surface area contributed by atoms with Crippen LogP contribution < -0.4 is 16.1 Å². The van der Waals surface area contributed by atoms with Crippen LogP contribution >= 0.6 is 0 Å². The topological polar surface area (TPSA) is 164 Å². The highest BCUT2D eigenvalue weighted by molar-refractivity contribution is 7.92. The zero-order valence-corrected chi connectivity index (χ0v) is 19.5. The lowest BCUT2D eigenvalue weighted by Gasteiger charge is -2.31. The van der Waals surface area contributed by atoms with Crippen molar-refractivity contribution >= 4 is 26.7 Å². The highest BCUT2D eigenvalue weighted by Crippen LogP contribution is 2.42.